The number of aromatic nitrogens is 3. The maximum Gasteiger partial charge on any atom is 0.416 e. The first kappa shape index (κ1) is 18.7. The van der Waals surface area contributed by atoms with Gasteiger partial charge >= 0.3 is 12.4 Å². The molecule has 1 aromatic heterocycles. The Morgan fingerprint density at radius 1 is 1.08 bits per heavy atom. The molecule has 0 saturated heterocycles. The van der Waals surface area contributed by atoms with Crippen molar-refractivity contribution in [3.63, 3.8) is 0 Å². The molecule has 0 aliphatic heterocycles. The smallest absolute Gasteiger partial charge is 0.368 e. The van der Waals surface area contributed by atoms with Gasteiger partial charge < -0.3 is 5.73 Å². The summed E-state index contributed by atoms with van der Waals surface area (Å²) >= 11 is 11.6. The molecule has 0 amide bonds. The Balaban J connectivity index is 2.56. The molecule has 0 fully saturated rings. The van der Waals surface area contributed by atoms with Crippen LogP contribution in [-0.4, -0.2) is 20.9 Å². The first-order valence-corrected chi connectivity index (χ1v) is 6.93. The average molecular weight is 393 g/mol. The second-order valence-corrected chi connectivity index (χ2v) is 5.60. The fourth-order valence-electron chi connectivity index (χ4n) is 1.77. The molecule has 1 unspecified atom stereocenters. The van der Waals surface area contributed by atoms with Gasteiger partial charge in [0.2, 0.25) is 5.95 Å². The largest absolute Gasteiger partial charge is 0.416 e. The third kappa shape index (κ3) is 3.54. The monoisotopic (exact) mass is 392 g/mol. The number of alkyl halides is 6. The van der Waals surface area contributed by atoms with E-state index < -0.39 is 45.7 Å². The van der Waals surface area contributed by atoms with E-state index in [2.05, 4.69) is 10.1 Å². The lowest BCUT2D eigenvalue weighted by Crippen LogP contribution is -2.19. The molecule has 2 aromatic rings. The molecule has 0 aliphatic rings. The van der Waals surface area contributed by atoms with Crippen LogP contribution in [0.2, 0.25) is 10.0 Å². The molecule has 0 saturated carbocycles. The van der Waals surface area contributed by atoms with Gasteiger partial charge in [0, 0.05) is 0 Å². The fraction of sp³-hybridized carbons (Fsp3) is 0.333. The fourth-order valence-corrected chi connectivity index (χ4v) is 2.41. The zero-order chi connectivity index (χ0) is 18.4. The van der Waals surface area contributed by atoms with Gasteiger partial charge in [-0.1, -0.05) is 23.2 Å². The second-order valence-electron chi connectivity index (χ2n) is 4.79. The van der Waals surface area contributed by atoms with Crippen LogP contribution in [0.3, 0.4) is 0 Å². The molecule has 132 valence electrons. The Bertz CT molecular complexity index is 745. The molecule has 12 heteroatoms. The molecule has 0 radical (unpaired) electrons. The van der Waals surface area contributed by atoms with E-state index in [0.717, 1.165) is 6.92 Å². The number of halogens is 8. The number of hydrogen-bond acceptors (Lipinski definition) is 3. The molecular weight excluding hydrogens is 385 g/mol. The SMILES string of the molecule is CC(c1nc(N)n(-c2c(Cl)cc(C(F)(F)F)cc2Cl)n1)C(F)(F)F. The highest BCUT2D eigenvalue weighted by Gasteiger charge is 2.40. The van der Waals surface area contributed by atoms with Crippen molar-refractivity contribution < 1.29 is 26.3 Å². The van der Waals surface area contributed by atoms with Crippen LogP contribution in [0.15, 0.2) is 12.1 Å². The summed E-state index contributed by atoms with van der Waals surface area (Å²) in [6, 6.07) is 1.13. The molecule has 1 heterocycles. The third-order valence-corrected chi connectivity index (χ3v) is 3.66. The highest BCUT2D eigenvalue weighted by Crippen LogP contribution is 2.39. The quantitative estimate of drug-likeness (QED) is 0.743. The lowest BCUT2D eigenvalue weighted by atomic mass is 10.1. The van der Waals surface area contributed by atoms with Crippen molar-refractivity contribution in [3.05, 3.63) is 33.6 Å². The predicted octanol–water partition coefficient (Wildman–Crippen LogP) is 4.84. The Morgan fingerprint density at radius 3 is 2.00 bits per heavy atom. The second kappa shape index (κ2) is 5.99. The number of nitrogens with two attached hydrogens (primary N) is 1. The van der Waals surface area contributed by atoms with Gasteiger partial charge in [0.1, 0.15) is 11.6 Å². The number of rotatable bonds is 2. The van der Waals surface area contributed by atoms with Crippen LogP contribution in [0.5, 0.6) is 0 Å². The first-order valence-electron chi connectivity index (χ1n) is 6.18. The summed E-state index contributed by atoms with van der Waals surface area (Å²) in [7, 11) is 0. The highest BCUT2D eigenvalue weighted by molar-refractivity contribution is 6.37. The van der Waals surface area contributed by atoms with Crippen LogP contribution in [-0.2, 0) is 6.18 Å². The van der Waals surface area contributed by atoms with Gasteiger partial charge in [-0.05, 0) is 19.1 Å². The maximum atomic E-state index is 12.7. The van der Waals surface area contributed by atoms with E-state index in [-0.39, 0.29) is 5.69 Å². The molecule has 2 rings (SSSR count). The topological polar surface area (TPSA) is 56.7 Å². The van der Waals surface area contributed by atoms with Crippen molar-refractivity contribution >= 4 is 29.2 Å². The molecule has 1 aromatic carbocycles. The van der Waals surface area contributed by atoms with Gasteiger partial charge in [-0.15, -0.1) is 5.10 Å². The highest BCUT2D eigenvalue weighted by atomic mass is 35.5. The minimum absolute atomic E-state index is 0.294. The van der Waals surface area contributed by atoms with E-state index in [4.69, 9.17) is 28.9 Å². The Morgan fingerprint density at radius 2 is 1.58 bits per heavy atom. The van der Waals surface area contributed by atoms with Gasteiger partial charge in [-0.3, -0.25) is 0 Å². The summed E-state index contributed by atoms with van der Waals surface area (Å²) in [6.45, 7) is 0.815. The van der Waals surface area contributed by atoms with Crippen molar-refractivity contribution in [2.75, 3.05) is 5.73 Å². The number of anilines is 1. The third-order valence-electron chi connectivity index (χ3n) is 3.08. The van der Waals surface area contributed by atoms with Crippen LogP contribution >= 0.6 is 23.2 Å². The van der Waals surface area contributed by atoms with E-state index >= 15 is 0 Å². The molecule has 1 atom stereocenters. The maximum absolute atomic E-state index is 12.7. The van der Waals surface area contributed by atoms with Crippen LogP contribution < -0.4 is 5.73 Å². The minimum atomic E-state index is -4.70. The van der Waals surface area contributed by atoms with Crippen molar-refractivity contribution in [1.29, 1.82) is 0 Å². The number of benzene rings is 1. The summed E-state index contributed by atoms with van der Waals surface area (Å²) in [4.78, 5) is 3.48. The molecule has 0 bridgehead atoms. The van der Waals surface area contributed by atoms with Gasteiger partial charge in [0.25, 0.3) is 0 Å². The van der Waals surface area contributed by atoms with Gasteiger partial charge in [0.15, 0.2) is 5.82 Å². The van der Waals surface area contributed by atoms with E-state index in [1.807, 2.05) is 0 Å². The number of nitrogen functional groups attached to an aromatic ring is 1. The average Bonchev–Trinajstić information content (AvgIpc) is 2.77. The molecule has 0 aliphatic carbocycles. The zero-order valence-electron chi connectivity index (χ0n) is 11.7. The van der Waals surface area contributed by atoms with E-state index in [1.165, 1.54) is 0 Å². The summed E-state index contributed by atoms with van der Waals surface area (Å²) < 4.78 is 76.9. The molecule has 4 nitrogen and oxygen atoms in total. The summed E-state index contributed by atoms with van der Waals surface area (Å²) in [6.07, 6.45) is -9.32. The molecule has 0 spiro atoms. The van der Waals surface area contributed by atoms with Crippen molar-refractivity contribution in [2.24, 2.45) is 0 Å². The molecular formula is C12H8Cl2F6N4. The zero-order valence-corrected chi connectivity index (χ0v) is 13.2. The van der Waals surface area contributed by atoms with Crippen molar-refractivity contribution in [2.45, 2.75) is 25.2 Å². The predicted molar refractivity (Wildman–Crippen MR) is 75.3 cm³/mol. The van der Waals surface area contributed by atoms with Crippen molar-refractivity contribution in [3.8, 4) is 5.69 Å². The minimum Gasteiger partial charge on any atom is -0.368 e. The summed E-state index contributed by atoms with van der Waals surface area (Å²) in [5.74, 6) is -3.19. The Hall–Kier alpha value is -1.68. The Kier molecular flexibility index (Phi) is 4.66. The summed E-state index contributed by atoms with van der Waals surface area (Å²) in [5, 5.41) is 2.59. The van der Waals surface area contributed by atoms with E-state index in [9.17, 15) is 26.3 Å². The standard InChI is InChI=1S/C12H8Cl2F6N4/c1-4(11(15,16)17)9-22-10(21)24(23-9)8-6(13)2-5(3-7(8)14)12(18,19)20/h2-4H,1H3,(H2,21,22,23). The van der Waals surface area contributed by atoms with Gasteiger partial charge in [0.05, 0.1) is 15.6 Å². The molecule has 2 N–H and O–H groups in total. The van der Waals surface area contributed by atoms with Gasteiger partial charge in [-0.25, -0.2) is 0 Å². The van der Waals surface area contributed by atoms with Crippen molar-refractivity contribution in [1.82, 2.24) is 14.8 Å². The van der Waals surface area contributed by atoms with E-state index in [1.54, 1.807) is 0 Å². The van der Waals surface area contributed by atoms with Crippen LogP contribution in [0.4, 0.5) is 32.3 Å². The summed E-state index contributed by atoms with van der Waals surface area (Å²) in [5.41, 5.74) is 4.08. The number of nitrogens with zero attached hydrogens (tertiary/aromatic N) is 3. The van der Waals surface area contributed by atoms with Gasteiger partial charge in [-0.2, -0.15) is 36.0 Å². The molecule has 24 heavy (non-hydrogen) atoms. The number of hydrogen-bond donors (Lipinski definition) is 1. The lowest BCUT2D eigenvalue weighted by Gasteiger charge is -2.13. The van der Waals surface area contributed by atoms with Crippen LogP contribution in [0.1, 0.15) is 24.2 Å². The lowest BCUT2D eigenvalue weighted by molar-refractivity contribution is -0.147. The van der Waals surface area contributed by atoms with E-state index in [0.29, 0.717) is 16.8 Å². The Labute approximate surface area is 141 Å². The van der Waals surface area contributed by atoms with Crippen LogP contribution in [0.25, 0.3) is 5.69 Å². The normalized spacial score (nSPS) is 14.0. The first-order chi connectivity index (χ1) is 10.8. The van der Waals surface area contributed by atoms with Crippen LogP contribution in [0, 0.1) is 0 Å².